The van der Waals surface area contributed by atoms with Gasteiger partial charge in [-0.1, -0.05) is 17.7 Å². The van der Waals surface area contributed by atoms with Gasteiger partial charge in [-0.05, 0) is 69.4 Å². The van der Waals surface area contributed by atoms with Crippen LogP contribution >= 0.6 is 11.6 Å². The third-order valence-corrected chi connectivity index (χ3v) is 7.73. The highest BCUT2D eigenvalue weighted by molar-refractivity contribution is 6.30. The lowest BCUT2D eigenvalue weighted by molar-refractivity contribution is -0.126. The van der Waals surface area contributed by atoms with Crippen molar-refractivity contribution in [3.05, 3.63) is 63.4 Å². The standard InChI is InChI=1S/C29H33ClN2O3/c1-18-9-10-21(30)16-25(18)31-11-13-32(14-12-31)27(33)15-19(2)23-17-24-22-7-5-6-8-26(22)35-29(24)20(3)28(23)34-4/h9-10,15-17H,5-8,11-14H2,1-4H3/b19-15+. The van der Waals surface area contributed by atoms with Crippen LogP contribution in [0.1, 0.15) is 47.8 Å². The minimum absolute atomic E-state index is 0.0407. The molecule has 0 N–H and O–H groups in total. The molecular formula is C29H33ClN2O3. The molecule has 2 aromatic carbocycles. The van der Waals surface area contributed by atoms with E-state index in [1.54, 1.807) is 13.2 Å². The van der Waals surface area contributed by atoms with E-state index in [4.69, 9.17) is 20.8 Å². The smallest absolute Gasteiger partial charge is 0.246 e. The largest absolute Gasteiger partial charge is 0.496 e. The van der Waals surface area contributed by atoms with Crippen molar-refractivity contribution in [2.24, 2.45) is 0 Å². The Morgan fingerprint density at radius 1 is 1.09 bits per heavy atom. The molecule has 5 nitrogen and oxygen atoms in total. The normalized spacial score (nSPS) is 16.5. The van der Waals surface area contributed by atoms with E-state index in [1.165, 1.54) is 29.4 Å². The third kappa shape index (κ3) is 4.42. The molecule has 2 aliphatic rings. The fraction of sp³-hybridized carbons (Fsp3) is 0.414. The average Bonchev–Trinajstić information content (AvgIpc) is 3.24. The van der Waals surface area contributed by atoms with Gasteiger partial charge in [0, 0.05) is 71.5 Å². The van der Waals surface area contributed by atoms with Crippen LogP contribution in [0.4, 0.5) is 5.69 Å². The summed E-state index contributed by atoms with van der Waals surface area (Å²) >= 11 is 6.22. The summed E-state index contributed by atoms with van der Waals surface area (Å²) < 4.78 is 12.1. The Labute approximate surface area is 212 Å². The number of carbonyl (C=O) groups is 1. The lowest BCUT2D eigenvalue weighted by atomic mass is 9.93. The summed E-state index contributed by atoms with van der Waals surface area (Å²) in [5, 5.41) is 1.90. The number of rotatable bonds is 4. The molecule has 1 aliphatic carbocycles. The molecule has 184 valence electrons. The maximum Gasteiger partial charge on any atom is 0.246 e. The fourth-order valence-corrected chi connectivity index (χ4v) is 5.70. The molecule has 6 heteroatoms. The van der Waals surface area contributed by atoms with Gasteiger partial charge in [0.2, 0.25) is 5.91 Å². The molecule has 1 aromatic heterocycles. The summed E-state index contributed by atoms with van der Waals surface area (Å²) in [5.41, 5.74) is 7.47. The Bertz CT molecular complexity index is 1320. The molecular weight excluding hydrogens is 460 g/mol. The minimum atomic E-state index is 0.0407. The van der Waals surface area contributed by atoms with Crippen LogP contribution in [0.3, 0.4) is 0 Å². The summed E-state index contributed by atoms with van der Waals surface area (Å²) in [4.78, 5) is 17.5. The van der Waals surface area contributed by atoms with Crippen LogP contribution in [-0.4, -0.2) is 44.1 Å². The van der Waals surface area contributed by atoms with Gasteiger partial charge in [-0.2, -0.15) is 0 Å². The molecule has 3 aromatic rings. The van der Waals surface area contributed by atoms with Gasteiger partial charge in [0.25, 0.3) is 0 Å². The highest BCUT2D eigenvalue weighted by Crippen LogP contribution is 2.41. The Kier molecular flexibility index (Phi) is 6.54. The molecule has 0 radical (unpaired) electrons. The second kappa shape index (κ2) is 9.62. The first-order valence-corrected chi connectivity index (χ1v) is 12.9. The van der Waals surface area contributed by atoms with Crippen molar-refractivity contribution in [2.45, 2.75) is 46.5 Å². The van der Waals surface area contributed by atoms with Crippen LogP contribution in [0.15, 0.2) is 34.8 Å². The number of carbonyl (C=O) groups excluding carboxylic acids is 1. The second-order valence-electron chi connectivity index (χ2n) is 9.74. The van der Waals surface area contributed by atoms with Crippen molar-refractivity contribution in [2.75, 3.05) is 38.2 Å². The summed E-state index contributed by atoms with van der Waals surface area (Å²) in [6, 6.07) is 8.14. The number of fused-ring (bicyclic) bond motifs is 3. The van der Waals surface area contributed by atoms with Crippen molar-refractivity contribution in [1.82, 2.24) is 4.90 Å². The lowest BCUT2D eigenvalue weighted by Gasteiger charge is -2.36. The molecule has 0 unspecified atom stereocenters. The quantitative estimate of drug-likeness (QED) is 0.398. The maximum absolute atomic E-state index is 13.2. The van der Waals surface area contributed by atoms with Crippen molar-refractivity contribution >= 4 is 39.7 Å². The third-order valence-electron chi connectivity index (χ3n) is 7.50. The molecule has 35 heavy (non-hydrogen) atoms. The number of benzene rings is 2. The van der Waals surface area contributed by atoms with E-state index in [0.29, 0.717) is 13.1 Å². The number of methoxy groups -OCH3 is 1. The number of nitrogens with zero attached hydrogens (tertiary/aromatic N) is 2. The highest BCUT2D eigenvalue weighted by atomic mass is 35.5. The molecule has 1 aliphatic heterocycles. The first-order valence-electron chi connectivity index (χ1n) is 12.5. The van der Waals surface area contributed by atoms with Gasteiger partial charge in [-0.15, -0.1) is 0 Å². The summed E-state index contributed by atoms with van der Waals surface area (Å²) in [5.74, 6) is 1.93. The van der Waals surface area contributed by atoms with E-state index < -0.39 is 0 Å². The second-order valence-corrected chi connectivity index (χ2v) is 10.2. The molecule has 1 fully saturated rings. The van der Waals surface area contributed by atoms with Gasteiger partial charge in [0.15, 0.2) is 0 Å². The van der Waals surface area contributed by atoms with Gasteiger partial charge in [0.05, 0.1) is 7.11 Å². The van der Waals surface area contributed by atoms with Gasteiger partial charge >= 0.3 is 0 Å². The van der Waals surface area contributed by atoms with E-state index >= 15 is 0 Å². The number of ether oxygens (including phenoxy) is 1. The molecule has 1 saturated heterocycles. The van der Waals surface area contributed by atoms with Crippen molar-refractivity contribution < 1.29 is 13.9 Å². The minimum Gasteiger partial charge on any atom is -0.496 e. The molecule has 0 saturated carbocycles. The maximum atomic E-state index is 13.2. The number of allylic oxidation sites excluding steroid dienone is 1. The number of aryl methyl sites for hydroxylation is 4. The number of piperazine rings is 1. The summed E-state index contributed by atoms with van der Waals surface area (Å²) in [6.07, 6.45) is 6.17. The molecule has 0 spiro atoms. The fourth-order valence-electron chi connectivity index (χ4n) is 5.54. The number of halogens is 1. The van der Waals surface area contributed by atoms with Crippen molar-refractivity contribution in [1.29, 1.82) is 0 Å². The number of hydrogen-bond donors (Lipinski definition) is 0. The van der Waals surface area contributed by atoms with E-state index in [9.17, 15) is 4.79 Å². The molecule has 1 amide bonds. The molecule has 5 rings (SSSR count). The number of hydrogen-bond acceptors (Lipinski definition) is 4. The molecule has 2 heterocycles. The Morgan fingerprint density at radius 2 is 1.83 bits per heavy atom. The average molecular weight is 493 g/mol. The van der Waals surface area contributed by atoms with E-state index in [1.807, 2.05) is 36.9 Å². The van der Waals surface area contributed by atoms with Crippen molar-refractivity contribution in [3.8, 4) is 5.75 Å². The number of furan rings is 1. The summed E-state index contributed by atoms with van der Waals surface area (Å²) in [7, 11) is 1.69. The number of anilines is 1. The van der Waals surface area contributed by atoms with Gasteiger partial charge < -0.3 is 19.0 Å². The van der Waals surface area contributed by atoms with Crippen LogP contribution in [0.5, 0.6) is 5.75 Å². The highest BCUT2D eigenvalue weighted by Gasteiger charge is 2.25. The lowest BCUT2D eigenvalue weighted by Crippen LogP contribution is -2.48. The van der Waals surface area contributed by atoms with E-state index in [0.717, 1.165) is 70.4 Å². The Balaban J connectivity index is 1.38. The zero-order chi connectivity index (χ0) is 24.7. The van der Waals surface area contributed by atoms with Crippen LogP contribution in [0, 0.1) is 13.8 Å². The zero-order valence-corrected chi connectivity index (χ0v) is 21.8. The Hall–Kier alpha value is -2.92. The topological polar surface area (TPSA) is 45.9 Å². The zero-order valence-electron chi connectivity index (χ0n) is 21.0. The first-order chi connectivity index (χ1) is 16.9. The van der Waals surface area contributed by atoms with Crippen molar-refractivity contribution in [3.63, 3.8) is 0 Å². The first kappa shape index (κ1) is 23.8. The number of amides is 1. The van der Waals surface area contributed by atoms with E-state index in [2.05, 4.69) is 17.9 Å². The Morgan fingerprint density at radius 3 is 2.57 bits per heavy atom. The SMILES string of the molecule is COc1c(/C(C)=C/C(=O)N2CCN(c3cc(Cl)ccc3C)CC2)cc2c3c(oc2c1C)CCCC3. The van der Waals surface area contributed by atoms with Gasteiger partial charge in [0.1, 0.15) is 17.1 Å². The van der Waals surface area contributed by atoms with Crippen LogP contribution in [0.2, 0.25) is 5.02 Å². The van der Waals surface area contributed by atoms with Crippen LogP contribution < -0.4 is 9.64 Å². The van der Waals surface area contributed by atoms with Gasteiger partial charge in [-0.3, -0.25) is 4.79 Å². The predicted octanol–water partition coefficient (Wildman–Crippen LogP) is 6.34. The monoisotopic (exact) mass is 492 g/mol. The summed E-state index contributed by atoms with van der Waals surface area (Å²) in [6.45, 7) is 9.08. The van der Waals surface area contributed by atoms with Crippen LogP contribution in [0.25, 0.3) is 16.5 Å². The van der Waals surface area contributed by atoms with Crippen LogP contribution in [-0.2, 0) is 17.6 Å². The predicted molar refractivity (Wildman–Crippen MR) is 143 cm³/mol. The molecule has 0 bridgehead atoms. The van der Waals surface area contributed by atoms with Gasteiger partial charge in [-0.25, -0.2) is 0 Å². The molecule has 0 atom stereocenters. The van der Waals surface area contributed by atoms with E-state index in [-0.39, 0.29) is 5.91 Å².